The monoisotopic (exact) mass is 198 g/mol. The fourth-order valence-electron chi connectivity index (χ4n) is 2.37. The maximum absolute atomic E-state index is 10.1. The first-order chi connectivity index (χ1) is 6.71. The first kappa shape index (κ1) is 12.0. The van der Waals surface area contributed by atoms with Gasteiger partial charge >= 0.3 is 0 Å². The molecule has 1 aliphatic rings. The molecule has 1 rings (SSSR count). The van der Waals surface area contributed by atoms with Crippen molar-refractivity contribution < 1.29 is 5.11 Å². The van der Waals surface area contributed by atoms with Gasteiger partial charge in [0.25, 0.3) is 0 Å². The van der Waals surface area contributed by atoms with Crippen LogP contribution in [0.1, 0.15) is 77.6 Å². The van der Waals surface area contributed by atoms with Crippen LogP contribution in [0.2, 0.25) is 0 Å². The SMILES string of the molecule is CC1(O)CCCCCCCCCCC1. The highest BCUT2D eigenvalue weighted by Gasteiger charge is 2.18. The first-order valence-electron chi connectivity index (χ1n) is 6.43. The third kappa shape index (κ3) is 5.64. The third-order valence-corrected chi connectivity index (χ3v) is 3.43. The molecule has 0 unspecified atom stereocenters. The molecule has 14 heavy (non-hydrogen) atoms. The average Bonchev–Trinajstić information content (AvgIpc) is 2.11. The smallest absolute Gasteiger partial charge is 0.0619 e. The Labute approximate surface area is 88.9 Å². The molecule has 84 valence electrons. The Hall–Kier alpha value is -0.0400. The van der Waals surface area contributed by atoms with Gasteiger partial charge in [0.15, 0.2) is 0 Å². The summed E-state index contributed by atoms with van der Waals surface area (Å²) in [6, 6.07) is 0. The molecule has 1 aliphatic carbocycles. The summed E-state index contributed by atoms with van der Waals surface area (Å²) in [6.45, 7) is 2.01. The number of hydrogen-bond acceptors (Lipinski definition) is 1. The van der Waals surface area contributed by atoms with E-state index in [1.807, 2.05) is 6.92 Å². The summed E-state index contributed by atoms with van der Waals surface area (Å²) < 4.78 is 0. The van der Waals surface area contributed by atoms with Crippen molar-refractivity contribution >= 4 is 0 Å². The van der Waals surface area contributed by atoms with Gasteiger partial charge in [-0.2, -0.15) is 0 Å². The van der Waals surface area contributed by atoms with Gasteiger partial charge in [-0.15, -0.1) is 0 Å². The van der Waals surface area contributed by atoms with Gasteiger partial charge in [-0.3, -0.25) is 0 Å². The van der Waals surface area contributed by atoms with Crippen LogP contribution in [-0.2, 0) is 0 Å². The van der Waals surface area contributed by atoms with E-state index in [4.69, 9.17) is 0 Å². The summed E-state index contributed by atoms with van der Waals surface area (Å²) in [5.74, 6) is 0. The fourth-order valence-corrected chi connectivity index (χ4v) is 2.37. The van der Waals surface area contributed by atoms with Gasteiger partial charge in [0.1, 0.15) is 0 Å². The molecule has 0 heterocycles. The van der Waals surface area contributed by atoms with Crippen LogP contribution in [0.25, 0.3) is 0 Å². The summed E-state index contributed by atoms with van der Waals surface area (Å²) in [5, 5.41) is 10.1. The zero-order valence-corrected chi connectivity index (χ0v) is 9.73. The second-order valence-electron chi connectivity index (χ2n) is 5.18. The van der Waals surface area contributed by atoms with Crippen molar-refractivity contribution in [1.82, 2.24) is 0 Å². The largest absolute Gasteiger partial charge is 0.390 e. The molecule has 1 saturated carbocycles. The molecule has 1 fully saturated rings. The highest BCUT2D eigenvalue weighted by Crippen LogP contribution is 2.23. The van der Waals surface area contributed by atoms with Crippen molar-refractivity contribution in [3.63, 3.8) is 0 Å². The summed E-state index contributed by atoms with van der Waals surface area (Å²) in [7, 11) is 0. The molecule has 1 heteroatoms. The molecule has 0 radical (unpaired) electrons. The van der Waals surface area contributed by atoms with Crippen LogP contribution in [0.5, 0.6) is 0 Å². The summed E-state index contributed by atoms with van der Waals surface area (Å²) in [4.78, 5) is 0. The lowest BCUT2D eigenvalue weighted by molar-refractivity contribution is 0.0363. The molecule has 0 saturated heterocycles. The van der Waals surface area contributed by atoms with E-state index in [1.165, 1.54) is 57.8 Å². The van der Waals surface area contributed by atoms with Gasteiger partial charge in [-0.05, 0) is 19.8 Å². The molecule has 1 nitrogen and oxygen atoms in total. The number of aliphatic hydroxyl groups is 1. The molecule has 0 spiro atoms. The number of rotatable bonds is 0. The van der Waals surface area contributed by atoms with Crippen LogP contribution in [-0.4, -0.2) is 10.7 Å². The van der Waals surface area contributed by atoms with Crippen LogP contribution >= 0.6 is 0 Å². The van der Waals surface area contributed by atoms with Crippen molar-refractivity contribution in [3.05, 3.63) is 0 Å². The van der Waals surface area contributed by atoms with E-state index in [0.29, 0.717) is 0 Å². The lowest BCUT2D eigenvalue weighted by atomic mass is 9.90. The second kappa shape index (κ2) is 6.44. The molecule has 0 aliphatic heterocycles. The molecular weight excluding hydrogens is 172 g/mol. The summed E-state index contributed by atoms with van der Waals surface area (Å²) >= 11 is 0. The molecule has 0 aromatic rings. The van der Waals surface area contributed by atoms with Crippen molar-refractivity contribution in [2.24, 2.45) is 0 Å². The Bertz CT molecular complexity index is 126. The van der Waals surface area contributed by atoms with Crippen LogP contribution < -0.4 is 0 Å². The quantitative estimate of drug-likeness (QED) is 0.623. The zero-order chi connectivity index (χ0) is 10.3. The Balaban J connectivity index is 2.24. The maximum atomic E-state index is 10.1. The predicted octanol–water partition coefficient (Wildman–Crippen LogP) is 4.04. The lowest BCUT2D eigenvalue weighted by Gasteiger charge is -2.23. The van der Waals surface area contributed by atoms with Crippen LogP contribution in [0.15, 0.2) is 0 Å². The van der Waals surface area contributed by atoms with Crippen LogP contribution in [0, 0.1) is 0 Å². The minimum atomic E-state index is -0.376. The van der Waals surface area contributed by atoms with Crippen LogP contribution in [0.3, 0.4) is 0 Å². The zero-order valence-electron chi connectivity index (χ0n) is 9.73. The van der Waals surface area contributed by atoms with E-state index >= 15 is 0 Å². The highest BCUT2D eigenvalue weighted by atomic mass is 16.3. The summed E-state index contributed by atoms with van der Waals surface area (Å²) in [5.41, 5.74) is -0.376. The van der Waals surface area contributed by atoms with Gasteiger partial charge in [-0.1, -0.05) is 57.8 Å². The fraction of sp³-hybridized carbons (Fsp3) is 1.00. The Kier molecular flexibility index (Phi) is 5.54. The summed E-state index contributed by atoms with van der Waals surface area (Å²) in [6.07, 6.45) is 14.1. The highest BCUT2D eigenvalue weighted by molar-refractivity contribution is 4.72. The Morgan fingerprint density at radius 2 is 0.929 bits per heavy atom. The third-order valence-electron chi connectivity index (χ3n) is 3.43. The van der Waals surface area contributed by atoms with Crippen molar-refractivity contribution in [2.45, 2.75) is 83.2 Å². The van der Waals surface area contributed by atoms with Gasteiger partial charge in [0.05, 0.1) is 5.60 Å². The average molecular weight is 198 g/mol. The standard InChI is InChI=1S/C13H26O/c1-13(14)11-9-7-5-3-2-4-6-8-10-12-13/h14H,2-12H2,1H3. The second-order valence-corrected chi connectivity index (χ2v) is 5.18. The molecule has 0 amide bonds. The molecule has 0 bridgehead atoms. The molecule has 0 aromatic heterocycles. The van der Waals surface area contributed by atoms with Gasteiger partial charge in [0.2, 0.25) is 0 Å². The van der Waals surface area contributed by atoms with Crippen molar-refractivity contribution in [2.75, 3.05) is 0 Å². The van der Waals surface area contributed by atoms with Gasteiger partial charge in [-0.25, -0.2) is 0 Å². The van der Waals surface area contributed by atoms with E-state index in [-0.39, 0.29) is 5.60 Å². The van der Waals surface area contributed by atoms with Gasteiger partial charge < -0.3 is 5.11 Å². The lowest BCUT2D eigenvalue weighted by Crippen LogP contribution is -2.23. The van der Waals surface area contributed by atoms with E-state index in [2.05, 4.69) is 0 Å². The molecule has 0 aromatic carbocycles. The van der Waals surface area contributed by atoms with Crippen molar-refractivity contribution in [1.29, 1.82) is 0 Å². The van der Waals surface area contributed by atoms with Crippen molar-refractivity contribution in [3.8, 4) is 0 Å². The molecule has 1 N–H and O–H groups in total. The minimum Gasteiger partial charge on any atom is -0.390 e. The Morgan fingerprint density at radius 3 is 1.29 bits per heavy atom. The number of hydrogen-bond donors (Lipinski definition) is 1. The maximum Gasteiger partial charge on any atom is 0.0619 e. The van der Waals surface area contributed by atoms with Gasteiger partial charge in [0, 0.05) is 0 Å². The first-order valence-corrected chi connectivity index (χ1v) is 6.43. The predicted molar refractivity (Wildman–Crippen MR) is 61.4 cm³/mol. The van der Waals surface area contributed by atoms with E-state index < -0.39 is 0 Å². The van der Waals surface area contributed by atoms with Crippen LogP contribution in [0.4, 0.5) is 0 Å². The topological polar surface area (TPSA) is 20.2 Å². The minimum absolute atomic E-state index is 0.376. The normalized spacial score (nSPS) is 26.1. The van der Waals surface area contributed by atoms with E-state index in [0.717, 1.165) is 12.8 Å². The Morgan fingerprint density at radius 1 is 0.643 bits per heavy atom. The molecule has 0 atom stereocenters. The van der Waals surface area contributed by atoms with E-state index in [1.54, 1.807) is 0 Å². The van der Waals surface area contributed by atoms with E-state index in [9.17, 15) is 5.11 Å². The molecular formula is C13H26O.